The van der Waals surface area contributed by atoms with E-state index in [-0.39, 0.29) is 0 Å². The molecule has 0 bridgehead atoms. The average Bonchev–Trinajstić information content (AvgIpc) is 3.32. The smallest absolute Gasteiger partial charge is 0.133 e. The second kappa shape index (κ2) is 8.27. The first-order chi connectivity index (χ1) is 13.3. The van der Waals surface area contributed by atoms with E-state index >= 15 is 0 Å². The van der Waals surface area contributed by atoms with Crippen LogP contribution in [0.5, 0.6) is 5.75 Å². The number of anilines is 1. The number of nitrogens with zero attached hydrogens (tertiary/aromatic N) is 2. The van der Waals surface area contributed by atoms with Crippen molar-refractivity contribution in [3.8, 4) is 11.4 Å². The summed E-state index contributed by atoms with van der Waals surface area (Å²) >= 11 is 0. The Bertz CT molecular complexity index is 873. The van der Waals surface area contributed by atoms with Gasteiger partial charge in [-0.05, 0) is 43.2 Å². The Morgan fingerprint density at radius 2 is 1.89 bits per heavy atom. The third-order valence-electron chi connectivity index (χ3n) is 4.75. The van der Waals surface area contributed by atoms with E-state index in [2.05, 4.69) is 29.6 Å². The van der Waals surface area contributed by atoms with Crippen LogP contribution in [0.1, 0.15) is 23.7 Å². The first-order valence-electron chi connectivity index (χ1n) is 9.54. The highest BCUT2D eigenvalue weighted by Gasteiger charge is 2.22. The number of rotatable bonds is 8. The molecule has 3 aromatic rings. The molecule has 4 rings (SSSR count). The van der Waals surface area contributed by atoms with Gasteiger partial charge in [0.1, 0.15) is 18.2 Å². The summed E-state index contributed by atoms with van der Waals surface area (Å²) in [6.07, 6.45) is 1.87. The van der Waals surface area contributed by atoms with Crippen molar-refractivity contribution in [2.45, 2.75) is 26.4 Å². The predicted molar refractivity (Wildman–Crippen MR) is 107 cm³/mol. The summed E-state index contributed by atoms with van der Waals surface area (Å²) in [5.41, 5.74) is 4.65. The standard InChI is InChI=1S/C22H25N3O2/c1-2-26-15-13-21-20-12-14-23-22(20)25(24-21)18-8-10-19(11-9-18)27-16-17-6-4-3-5-7-17/h3-11,23H,2,12-16H2,1H3. The Kier molecular flexibility index (Phi) is 5.39. The van der Waals surface area contributed by atoms with Crippen LogP contribution in [0.15, 0.2) is 54.6 Å². The van der Waals surface area contributed by atoms with Gasteiger partial charge in [-0.15, -0.1) is 0 Å². The Morgan fingerprint density at radius 1 is 1.07 bits per heavy atom. The van der Waals surface area contributed by atoms with Crippen molar-refractivity contribution in [3.63, 3.8) is 0 Å². The molecule has 0 spiro atoms. The molecule has 1 aliphatic rings. The highest BCUT2D eigenvalue weighted by Crippen LogP contribution is 2.29. The van der Waals surface area contributed by atoms with Gasteiger partial charge in [0.15, 0.2) is 0 Å². The number of benzene rings is 2. The molecule has 0 fully saturated rings. The molecule has 2 heterocycles. The predicted octanol–water partition coefficient (Wildman–Crippen LogP) is 4.00. The molecule has 5 nitrogen and oxygen atoms in total. The number of fused-ring (bicyclic) bond motifs is 1. The van der Waals surface area contributed by atoms with Crippen molar-refractivity contribution >= 4 is 5.82 Å². The second-order valence-corrected chi connectivity index (χ2v) is 6.58. The lowest BCUT2D eigenvalue weighted by Crippen LogP contribution is -2.06. The van der Waals surface area contributed by atoms with E-state index < -0.39 is 0 Å². The van der Waals surface area contributed by atoms with E-state index in [9.17, 15) is 0 Å². The molecule has 5 heteroatoms. The summed E-state index contributed by atoms with van der Waals surface area (Å²) in [7, 11) is 0. The molecule has 0 atom stereocenters. The maximum absolute atomic E-state index is 5.88. The molecule has 0 saturated heterocycles. The maximum atomic E-state index is 5.88. The minimum atomic E-state index is 0.570. The summed E-state index contributed by atoms with van der Waals surface area (Å²) in [5.74, 6) is 1.97. The lowest BCUT2D eigenvalue weighted by molar-refractivity contribution is 0.150. The third kappa shape index (κ3) is 3.98. The van der Waals surface area contributed by atoms with Crippen LogP contribution in [0.3, 0.4) is 0 Å². The van der Waals surface area contributed by atoms with Gasteiger partial charge in [-0.3, -0.25) is 0 Å². The Morgan fingerprint density at radius 3 is 2.67 bits per heavy atom. The quantitative estimate of drug-likeness (QED) is 0.615. The molecule has 0 saturated carbocycles. The van der Waals surface area contributed by atoms with Crippen molar-refractivity contribution in [2.24, 2.45) is 0 Å². The molecule has 1 aliphatic heterocycles. The highest BCUT2D eigenvalue weighted by molar-refractivity contribution is 5.57. The van der Waals surface area contributed by atoms with Crippen LogP contribution in [0, 0.1) is 0 Å². The molecule has 0 radical (unpaired) electrons. The highest BCUT2D eigenvalue weighted by atomic mass is 16.5. The molecule has 2 aromatic carbocycles. The van der Waals surface area contributed by atoms with Gasteiger partial charge in [0.25, 0.3) is 0 Å². The molecule has 140 valence electrons. The summed E-state index contributed by atoms with van der Waals surface area (Å²) in [6, 6.07) is 18.3. The normalized spacial score (nSPS) is 12.6. The minimum absolute atomic E-state index is 0.570. The first kappa shape index (κ1) is 17.6. The first-order valence-corrected chi connectivity index (χ1v) is 9.54. The molecule has 0 unspecified atom stereocenters. The van der Waals surface area contributed by atoms with Gasteiger partial charge >= 0.3 is 0 Å². The number of hydrogen-bond donors (Lipinski definition) is 1. The van der Waals surface area contributed by atoms with Crippen molar-refractivity contribution in [1.29, 1.82) is 0 Å². The topological polar surface area (TPSA) is 48.3 Å². The van der Waals surface area contributed by atoms with Gasteiger partial charge in [-0.25, -0.2) is 4.68 Å². The SMILES string of the molecule is CCOCCc1nn(-c2ccc(OCc3ccccc3)cc2)c2c1CCN2. The van der Waals surface area contributed by atoms with Crippen LogP contribution >= 0.6 is 0 Å². The fraction of sp³-hybridized carbons (Fsp3) is 0.318. The molecule has 27 heavy (non-hydrogen) atoms. The zero-order valence-electron chi connectivity index (χ0n) is 15.6. The summed E-state index contributed by atoms with van der Waals surface area (Å²) in [4.78, 5) is 0. The average molecular weight is 363 g/mol. The van der Waals surface area contributed by atoms with Gasteiger partial charge in [0.2, 0.25) is 0 Å². The van der Waals surface area contributed by atoms with Crippen LogP contribution in [0.2, 0.25) is 0 Å². The van der Waals surface area contributed by atoms with Crippen LogP contribution < -0.4 is 10.1 Å². The summed E-state index contributed by atoms with van der Waals surface area (Å²) in [5, 5.41) is 8.30. The van der Waals surface area contributed by atoms with Gasteiger partial charge in [0, 0.05) is 25.1 Å². The van der Waals surface area contributed by atoms with Gasteiger partial charge in [0.05, 0.1) is 18.0 Å². The lowest BCUT2D eigenvalue weighted by Gasteiger charge is -2.09. The Hall–Kier alpha value is -2.79. The monoisotopic (exact) mass is 363 g/mol. The largest absolute Gasteiger partial charge is 0.489 e. The Balaban J connectivity index is 1.48. The maximum Gasteiger partial charge on any atom is 0.133 e. The van der Waals surface area contributed by atoms with Gasteiger partial charge in [-0.1, -0.05) is 30.3 Å². The van der Waals surface area contributed by atoms with Crippen molar-refractivity contribution in [2.75, 3.05) is 25.1 Å². The molecular weight excluding hydrogens is 338 g/mol. The zero-order valence-corrected chi connectivity index (χ0v) is 15.6. The van der Waals surface area contributed by atoms with Gasteiger partial charge < -0.3 is 14.8 Å². The van der Waals surface area contributed by atoms with E-state index in [0.29, 0.717) is 13.2 Å². The van der Waals surface area contributed by atoms with E-state index in [1.165, 1.54) is 5.56 Å². The number of ether oxygens (including phenoxy) is 2. The Labute approximate surface area is 159 Å². The third-order valence-corrected chi connectivity index (χ3v) is 4.75. The summed E-state index contributed by atoms with van der Waals surface area (Å²) in [6.45, 7) is 5.01. The molecule has 1 aromatic heterocycles. The van der Waals surface area contributed by atoms with Gasteiger partial charge in [-0.2, -0.15) is 5.10 Å². The van der Waals surface area contributed by atoms with Crippen molar-refractivity contribution in [3.05, 3.63) is 71.4 Å². The number of nitrogens with one attached hydrogen (secondary N) is 1. The van der Waals surface area contributed by atoms with Crippen LogP contribution in [0.4, 0.5) is 5.82 Å². The lowest BCUT2D eigenvalue weighted by atomic mass is 10.1. The molecule has 0 aliphatic carbocycles. The van der Waals surface area contributed by atoms with E-state index in [4.69, 9.17) is 14.6 Å². The van der Waals surface area contributed by atoms with Crippen LogP contribution in [-0.2, 0) is 24.2 Å². The molecular formula is C22H25N3O2. The second-order valence-electron chi connectivity index (χ2n) is 6.58. The molecule has 1 N–H and O–H groups in total. The fourth-order valence-corrected chi connectivity index (χ4v) is 3.37. The molecule has 0 amide bonds. The van der Waals surface area contributed by atoms with E-state index in [0.717, 1.165) is 54.5 Å². The summed E-state index contributed by atoms with van der Waals surface area (Å²) < 4.78 is 13.4. The number of hydrogen-bond acceptors (Lipinski definition) is 4. The van der Waals surface area contributed by atoms with Crippen LogP contribution in [0.25, 0.3) is 5.69 Å². The zero-order chi connectivity index (χ0) is 18.5. The minimum Gasteiger partial charge on any atom is -0.489 e. The fourth-order valence-electron chi connectivity index (χ4n) is 3.37. The number of aromatic nitrogens is 2. The van der Waals surface area contributed by atoms with E-state index in [1.54, 1.807) is 0 Å². The van der Waals surface area contributed by atoms with Crippen LogP contribution in [-0.4, -0.2) is 29.5 Å². The van der Waals surface area contributed by atoms with Crippen molar-refractivity contribution < 1.29 is 9.47 Å². The van der Waals surface area contributed by atoms with E-state index in [1.807, 2.05) is 41.9 Å². The van der Waals surface area contributed by atoms with Crippen molar-refractivity contribution in [1.82, 2.24) is 9.78 Å².